The van der Waals surface area contributed by atoms with Gasteiger partial charge in [0.1, 0.15) is 0 Å². The number of hydrogen-bond donors (Lipinski definition) is 2. The second-order valence-electron chi connectivity index (χ2n) is 4.27. The van der Waals surface area contributed by atoms with E-state index in [9.17, 15) is 9.18 Å². The van der Waals surface area contributed by atoms with E-state index in [0.29, 0.717) is 11.3 Å². The molecule has 21 heavy (non-hydrogen) atoms. The second-order valence-corrected chi connectivity index (χ2v) is 5.19. The van der Waals surface area contributed by atoms with Crippen molar-refractivity contribution in [3.8, 4) is 5.75 Å². The Balaban J connectivity index is 1.92. The van der Waals surface area contributed by atoms with Crippen LogP contribution in [0.25, 0.3) is 0 Å². The molecule has 2 aromatic carbocycles. The molecule has 4 nitrogen and oxygen atoms in total. The fourth-order valence-electron chi connectivity index (χ4n) is 1.67. The molecule has 0 aliphatic carbocycles. The third kappa shape index (κ3) is 4.54. The summed E-state index contributed by atoms with van der Waals surface area (Å²) in [5, 5.41) is 11.5. The third-order valence-corrected chi connectivity index (χ3v) is 3.14. The third-order valence-electron chi connectivity index (χ3n) is 2.65. The van der Waals surface area contributed by atoms with Crippen molar-refractivity contribution in [2.45, 2.75) is 6.61 Å². The van der Waals surface area contributed by atoms with E-state index in [2.05, 4.69) is 21.2 Å². The number of hydrogen-bond acceptors (Lipinski definition) is 3. The summed E-state index contributed by atoms with van der Waals surface area (Å²) >= 11 is 3.30. The minimum absolute atomic E-state index is 0.0309. The van der Waals surface area contributed by atoms with Crippen molar-refractivity contribution in [3.63, 3.8) is 0 Å². The number of carbonyl (C=O) groups excluding carboxylic acids is 1. The largest absolute Gasteiger partial charge is 0.481 e. The van der Waals surface area contributed by atoms with Crippen LogP contribution in [0, 0.1) is 5.82 Å². The molecule has 0 spiro atoms. The van der Waals surface area contributed by atoms with Gasteiger partial charge in [-0.3, -0.25) is 4.79 Å². The molecule has 0 fully saturated rings. The molecule has 6 heteroatoms. The van der Waals surface area contributed by atoms with Crippen LogP contribution < -0.4 is 10.1 Å². The maximum Gasteiger partial charge on any atom is 0.262 e. The summed E-state index contributed by atoms with van der Waals surface area (Å²) in [7, 11) is 0. The van der Waals surface area contributed by atoms with Gasteiger partial charge in [0.05, 0.1) is 6.61 Å². The number of rotatable bonds is 5. The zero-order valence-corrected chi connectivity index (χ0v) is 12.6. The van der Waals surface area contributed by atoms with Crippen LogP contribution in [0.1, 0.15) is 5.56 Å². The molecule has 2 N–H and O–H groups in total. The van der Waals surface area contributed by atoms with Crippen molar-refractivity contribution in [3.05, 3.63) is 58.3 Å². The highest BCUT2D eigenvalue weighted by Crippen LogP contribution is 2.19. The molecular formula is C15H13BrFNO3. The van der Waals surface area contributed by atoms with Crippen LogP contribution in [-0.2, 0) is 11.4 Å². The number of halogens is 2. The van der Waals surface area contributed by atoms with Gasteiger partial charge in [-0.15, -0.1) is 0 Å². The van der Waals surface area contributed by atoms with Crippen LogP contribution in [-0.4, -0.2) is 17.6 Å². The molecule has 0 heterocycles. The van der Waals surface area contributed by atoms with E-state index in [1.807, 2.05) is 6.07 Å². The Morgan fingerprint density at radius 1 is 1.29 bits per heavy atom. The Hall–Kier alpha value is -1.92. The number of carbonyl (C=O) groups is 1. The summed E-state index contributed by atoms with van der Waals surface area (Å²) in [4.78, 5) is 11.7. The molecule has 1 amide bonds. The zero-order valence-electron chi connectivity index (χ0n) is 11.0. The molecule has 0 saturated heterocycles. The van der Waals surface area contributed by atoms with Crippen LogP contribution in [0.4, 0.5) is 10.1 Å². The van der Waals surface area contributed by atoms with E-state index in [0.717, 1.165) is 4.47 Å². The Kier molecular flexibility index (Phi) is 5.30. The van der Waals surface area contributed by atoms with E-state index in [1.165, 1.54) is 18.2 Å². The smallest absolute Gasteiger partial charge is 0.262 e. The Bertz CT molecular complexity index is 649. The molecule has 0 radical (unpaired) electrons. The molecular weight excluding hydrogens is 341 g/mol. The molecule has 0 saturated carbocycles. The van der Waals surface area contributed by atoms with Gasteiger partial charge in [-0.1, -0.05) is 28.1 Å². The van der Waals surface area contributed by atoms with Crippen molar-refractivity contribution >= 4 is 27.5 Å². The average Bonchev–Trinajstić information content (AvgIpc) is 2.46. The first kappa shape index (κ1) is 15.5. The number of aliphatic hydroxyl groups excluding tert-OH is 1. The maximum atomic E-state index is 13.6. The van der Waals surface area contributed by atoms with Crippen LogP contribution in [0.15, 0.2) is 46.9 Å². The van der Waals surface area contributed by atoms with Gasteiger partial charge in [-0.05, 0) is 35.9 Å². The number of aliphatic hydroxyl groups is 1. The van der Waals surface area contributed by atoms with Gasteiger partial charge >= 0.3 is 0 Å². The van der Waals surface area contributed by atoms with Gasteiger partial charge in [0.15, 0.2) is 18.2 Å². The normalized spacial score (nSPS) is 10.2. The zero-order chi connectivity index (χ0) is 15.2. The van der Waals surface area contributed by atoms with E-state index >= 15 is 0 Å². The molecule has 0 aliphatic rings. The Morgan fingerprint density at radius 2 is 2.10 bits per heavy atom. The van der Waals surface area contributed by atoms with E-state index in [-0.39, 0.29) is 19.0 Å². The molecule has 0 aliphatic heterocycles. The summed E-state index contributed by atoms with van der Waals surface area (Å²) in [6.45, 7) is -0.553. The number of benzene rings is 2. The minimum atomic E-state index is -0.614. The quantitative estimate of drug-likeness (QED) is 0.868. The number of ether oxygens (including phenoxy) is 1. The fourth-order valence-corrected chi connectivity index (χ4v) is 2.07. The summed E-state index contributed by atoms with van der Waals surface area (Å²) in [5.74, 6) is -1.04. The first-order chi connectivity index (χ1) is 10.1. The topological polar surface area (TPSA) is 58.6 Å². The predicted octanol–water partition coefficient (Wildman–Crippen LogP) is 3.10. The van der Waals surface area contributed by atoms with Gasteiger partial charge in [0, 0.05) is 10.2 Å². The second kappa shape index (κ2) is 7.19. The highest BCUT2D eigenvalue weighted by Gasteiger charge is 2.08. The number of amides is 1. The molecule has 0 atom stereocenters. The molecule has 0 unspecified atom stereocenters. The Morgan fingerprint density at radius 3 is 2.76 bits per heavy atom. The van der Waals surface area contributed by atoms with Crippen molar-refractivity contribution in [2.24, 2.45) is 0 Å². The molecule has 0 bridgehead atoms. The lowest BCUT2D eigenvalue weighted by molar-refractivity contribution is -0.118. The highest BCUT2D eigenvalue weighted by atomic mass is 79.9. The van der Waals surface area contributed by atoms with E-state index in [1.54, 1.807) is 18.2 Å². The van der Waals surface area contributed by atoms with Crippen molar-refractivity contribution < 1.29 is 19.0 Å². The van der Waals surface area contributed by atoms with Crippen molar-refractivity contribution in [1.82, 2.24) is 0 Å². The summed E-state index contributed by atoms with van der Waals surface area (Å²) in [6, 6.07) is 11.2. The SMILES string of the molecule is O=C(COc1ccc(CO)cc1F)Nc1cccc(Br)c1. The predicted molar refractivity (Wildman–Crippen MR) is 80.6 cm³/mol. The fraction of sp³-hybridized carbons (Fsp3) is 0.133. The minimum Gasteiger partial charge on any atom is -0.481 e. The first-order valence-electron chi connectivity index (χ1n) is 6.16. The molecule has 2 aromatic rings. The van der Waals surface area contributed by atoms with Crippen molar-refractivity contribution in [2.75, 3.05) is 11.9 Å². The Labute approximate surface area is 129 Å². The van der Waals surface area contributed by atoms with Crippen LogP contribution in [0.5, 0.6) is 5.75 Å². The standard InChI is InChI=1S/C15H13BrFNO3/c16-11-2-1-3-12(7-11)18-15(20)9-21-14-5-4-10(8-19)6-13(14)17/h1-7,19H,8-9H2,(H,18,20). The summed E-state index contributed by atoms with van der Waals surface area (Å²) in [5.41, 5.74) is 1.06. The summed E-state index contributed by atoms with van der Waals surface area (Å²) < 4.78 is 19.6. The van der Waals surface area contributed by atoms with E-state index < -0.39 is 11.7 Å². The highest BCUT2D eigenvalue weighted by molar-refractivity contribution is 9.10. The maximum absolute atomic E-state index is 13.6. The monoisotopic (exact) mass is 353 g/mol. The average molecular weight is 354 g/mol. The van der Waals surface area contributed by atoms with E-state index in [4.69, 9.17) is 9.84 Å². The molecule has 2 rings (SSSR count). The lowest BCUT2D eigenvalue weighted by Crippen LogP contribution is -2.20. The van der Waals surface area contributed by atoms with Gasteiger partial charge in [-0.25, -0.2) is 4.39 Å². The van der Waals surface area contributed by atoms with Crippen LogP contribution >= 0.6 is 15.9 Å². The first-order valence-corrected chi connectivity index (χ1v) is 6.95. The number of nitrogens with one attached hydrogen (secondary N) is 1. The number of anilines is 1. The van der Waals surface area contributed by atoms with Gasteiger partial charge < -0.3 is 15.2 Å². The molecule has 110 valence electrons. The van der Waals surface area contributed by atoms with Crippen LogP contribution in [0.3, 0.4) is 0 Å². The lowest BCUT2D eigenvalue weighted by atomic mass is 10.2. The van der Waals surface area contributed by atoms with Gasteiger partial charge in [0.2, 0.25) is 0 Å². The summed E-state index contributed by atoms with van der Waals surface area (Å²) in [6.07, 6.45) is 0. The van der Waals surface area contributed by atoms with Crippen molar-refractivity contribution in [1.29, 1.82) is 0 Å². The molecule has 0 aromatic heterocycles. The van der Waals surface area contributed by atoms with Gasteiger partial charge in [-0.2, -0.15) is 0 Å². The van der Waals surface area contributed by atoms with Gasteiger partial charge in [0.25, 0.3) is 5.91 Å². The lowest BCUT2D eigenvalue weighted by Gasteiger charge is -2.09. The van der Waals surface area contributed by atoms with Crippen LogP contribution in [0.2, 0.25) is 0 Å².